The number of aryl methyl sites for hydroxylation is 1. The van der Waals surface area contributed by atoms with Crippen LogP contribution >= 0.6 is 0 Å². The third-order valence-corrected chi connectivity index (χ3v) is 5.05. The fourth-order valence-electron chi connectivity index (χ4n) is 3.55. The lowest BCUT2D eigenvalue weighted by molar-refractivity contribution is -0.132. The molecule has 0 aromatic carbocycles. The van der Waals surface area contributed by atoms with Gasteiger partial charge in [-0.2, -0.15) is 0 Å². The first-order valence-electron chi connectivity index (χ1n) is 9.46. The van der Waals surface area contributed by atoms with Gasteiger partial charge in [0.05, 0.1) is 0 Å². The van der Waals surface area contributed by atoms with Gasteiger partial charge in [0.15, 0.2) is 0 Å². The van der Waals surface area contributed by atoms with Crippen molar-refractivity contribution < 1.29 is 4.79 Å². The molecule has 2 aromatic rings. The Balaban J connectivity index is 1.57. The van der Waals surface area contributed by atoms with Gasteiger partial charge < -0.3 is 14.4 Å². The van der Waals surface area contributed by atoms with Crippen molar-refractivity contribution in [1.82, 2.24) is 24.3 Å². The Labute approximate surface area is 155 Å². The number of carbonyl (C=O) groups excluding carboxylic acids is 1. The SMILES string of the molecule is CN(C)CCn1ccnc1[C@H]1CCCN(C(=O)CCc2ccncc2)C1. The van der Waals surface area contributed by atoms with Crippen LogP contribution in [0.4, 0.5) is 0 Å². The van der Waals surface area contributed by atoms with Crippen LogP contribution in [-0.2, 0) is 17.8 Å². The van der Waals surface area contributed by atoms with E-state index in [1.54, 1.807) is 12.4 Å². The van der Waals surface area contributed by atoms with E-state index >= 15 is 0 Å². The lowest BCUT2D eigenvalue weighted by atomic mass is 9.96. The van der Waals surface area contributed by atoms with Crippen LogP contribution in [0.15, 0.2) is 36.9 Å². The highest BCUT2D eigenvalue weighted by molar-refractivity contribution is 5.76. The van der Waals surface area contributed by atoms with Crippen molar-refractivity contribution in [2.24, 2.45) is 0 Å². The summed E-state index contributed by atoms with van der Waals surface area (Å²) >= 11 is 0. The monoisotopic (exact) mass is 355 g/mol. The number of carbonyl (C=O) groups is 1. The summed E-state index contributed by atoms with van der Waals surface area (Å²) in [5.74, 6) is 1.71. The Morgan fingerprint density at radius 1 is 1.27 bits per heavy atom. The van der Waals surface area contributed by atoms with Gasteiger partial charge in [-0.15, -0.1) is 0 Å². The molecule has 0 bridgehead atoms. The highest BCUT2D eigenvalue weighted by Crippen LogP contribution is 2.26. The number of piperidine rings is 1. The molecule has 0 N–H and O–H groups in total. The average Bonchev–Trinajstić information content (AvgIpc) is 3.14. The first kappa shape index (κ1) is 18.6. The van der Waals surface area contributed by atoms with Crippen molar-refractivity contribution in [1.29, 1.82) is 0 Å². The molecule has 1 fully saturated rings. The molecule has 2 aromatic heterocycles. The van der Waals surface area contributed by atoms with E-state index in [4.69, 9.17) is 0 Å². The minimum Gasteiger partial charge on any atom is -0.342 e. The smallest absolute Gasteiger partial charge is 0.222 e. The van der Waals surface area contributed by atoms with Gasteiger partial charge in [-0.1, -0.05) is 0 Å². The number of nitrogens with zero attached hydrogens (tertiary/aromatic N) is 5. The summed E-state index contributed by atoms with van der Waals surface area (Å²) in [6.45, 7) is 3.58. The van der Waals surface area contributed by atoms with Crippen LogP contribution < -0.4 is 0 Å². The molecule has 1 aliphatic heterocycles. The number of aromatic nitrogens is 3. The van der Waals surface area contributed by atoms with Gasteiger partial charge in [0, 0.05) is 63.3 Å². The maximum atomic E-state index is 12.7. The molecule has 1 saturated heterocycles. The molecule has 0 aliphatic carbocycles. The average molecular weight is 355 g/mol. The van der Waals surface area contributed by atoms with Crippen LogP contribution in [0.1, 0.15) is 36.6 Å². The standard InChI is InChI=1S/C20H29N5O/c1-23(2)14-15-24-13-11-22-20(24)18-4-3-12-25(16-18)19(26)6-5-17-7-9-21-10-8-17/h7-11,13,18H,3-6,12,14-16H2,1-2H3/t18-/m0/s1. The van der Waals surface area contributed by atoms with Gasteiger partial charge in [-0.3, -0.25) is 9.78 Å². The Morgan fingerprint density at radius 2 is 2.08 bits per heavy atom. The first-order valence-corrected chi connectivity index (χ1v) is 9.46. The Bertz CT molecular complexity index is 697. The molecule has 0 saturated carbocycles. The van der Waals surface area contributed by atoms with Gasteiger partial charge in [-0.25, -0.2) is 4.98 Å². The zero-order chi connectivity index (χ0) is 18.4. The maximum Gasteiger partial charge on any atom is 0.222 e. The number of hydrogen-bond acceptors (Lipinski definition) is 4. The molecule has 6 heteroatoms. The summed E-state index contributed by atoms with van der Waals surface area (Å²) in [6, 6.07) is 3.96. The van der Waals surface area contributed by atoms with Crippen molar-refractivity contribution in [2.75, 3.05) is 33.7 Å². The molecule has 1 amide bonds. The minimum atomic E-state index is 0.248. The zero-order valence-electron chi connectivity index (χ0n) is 15.8. The molecule has 3 heterocycles. The molecule has 0 spiro atoms. The van der Waals surface area contributed by atoms with Crippen molar-refractivity contribution in [2.45, 2.75) is 38.1 Å². The lowest BCUT2D eigenvalue weighted by Crippen LogP contribution is -2.40. The number of likely N-dealkylation sites (N-methyl/N-ethyl adjacent to an activating group) is 1. The van der Waals surface area contributed by atoms with E-state index in [2.05, 4.69) is 39.7 Å². The number of hydrogen-bond donors (Lipinski definition) is 0. The number of imidazole rings is 1. The van der Waals surface area contributed by atoms with E-state index < -0.39 is 0 Å². The molecular weight excluding hydrogens is 326 g/mol. The van der Waals surface area contributed by atoms with Gasteiger partial charge in [0.25, 0.3) is 0 Å². The normalized spacial score (nSPS) is 17.7. The fourth-order valence-corrected chi connectivity index (χ4v) is 3.55. The second-order valence-corrected chi connectivity index (χ2v) is 7.32. The van der Waals surface area contributed by atoms with E-state index in [1.807, 2.05) is 23.2 Å². The van der Waals surface area contributed by atoms with E-state index in [0.29, 0.717) is 12.3 Å². The van der Waals surface area contributed by atoms with Gasteiger partial charge in [0.1, 0.15) is 5.82 Å². The minimum absolute atomic E-state index is 0.248. The lowest BCUT2D eigenvalue weighted by Gasteiger charge is -2.33. The molecule has 0 radical (unpaired) electrons. The number of pyridine rings is 1. The Morgan fingerprint density at radius 3 is 2.85 bits per heavy atom. The Kier molecular flexibility index (Phi) is 6.39. The van der Waals surface area contributed by atoms with Crippen molar-refractivity contribution in [3.8, 4) is 0 Å². The van der Waals surface area contributed by atoms with Crippen LogP contribution in [0.3, 0.4) is 0 Å². The van der Waals surface area contributed by atoms with Crippen molar-refractivity contribution in [3.05, 3.63) is 48.3 Å². The zero-order valence-corrected chi connectivity index (χ0v) is 15.8. The van der Waals surface area contributed by atoms with Gasteiger partial charge in [0.2, 0.25) is 5.91 Å². The Hall–Kier alpha value is -2.21. The number of amides is 1. The van der Waals surface area contributed by atoms with Crippen LogP contribution in [0.2, 0.25) is 0 Å². The van der Waals surface area contributed by atoms with E-state index in [0.717, 1.165) is 51.3 Å². The highest BCUT2D eigenvalue weighted by atomic mass is 16.2. The summed E-state index contributed by atoms with van der Waals surface area (Å²) in [5.41, 5.74) is 1.17. The van der Waals surface area contributed by atoms with Gasteiger partial charge in [-0.05, 0) is 51.1 Å². The third-order valence-electron chi connectivity index (χ3n) is 5.05. The predicted octanol–water partition coefficient (Wildman–Crippen LogP) is 2.18. The summed E-state index contributed by atoms with van der Waals surface area (Å²) in [4.78, 5) is 25.5. The largest absolute Gasteiger partial charge is 0.342 e. The van der Waals surface area contributed by atoms with Crippen molar-refractivity contribution >= 4 is 5.91 Å². The quantitative estimate of drug-likeness (QED) is 0.764. The second-order valence-electron chi connectivity index (χ2n) is 7.32. The van der Waals surface area contributed by atoms with Crippen LogP contribution in [-0.4, -0.2) is 64.0 Å². The van der Waals surface area contributed by atoms with Gasteiger partial charge >= 0.3 is 0 Å². The number of likely N-dealkylation sites (tertiary alicyclic amines) is 1. The first-order chi connectivity index (χ1) is 12.6. The van der Waals surface area contributed by atoms with Crippen LogP contribution in [0, 0.1) is 0 Å². The summed E-state index contributed by atoms with van der Waals surface area (Å²) in [7, 11) is 4.17. The second kappa shape index (κ2) is 8.94. The highest BCUT2D eigenvalue weighted by Gasteiger charge is 2.27. The summed E-state index contributed by atoms with van der Waals surface area (Å²) in [6.07, 6.45) is 11.0. The van der Waals surface area contributed by atoms with E-state index in [1.165, 1.54) is 5.56 Å². The predicted molar refractivity (Wildman–Crippen MR) is 102 cm³/mol. The molecule has 0 unspecified atom stereocenters. The summed E-state index contributed by atoms with van der Waals surface area (Å²) < 4.78 is 2.25. The molecule has 26 heavy (non-hydrogen) atoms. The molecular formula is C20H29N5O. The van der Waals surface area contributed by atoms with E-state index in [-0.39, 0.29) is 5.91 Å². The number of rotatable bonds is 7. The molecule has 1 aliphatic rings. The summed E-state index contributed by atoms with van der Waals surface area (Å²) in [5, 5.41) is 0. The maximum absolute atomic E-state index is 12.7. The third kappa shape index (κ3) is 4.91. The van der Waals surface area contributed by atoms with Crippen LogP contribution in [0.25, 0.3) is 0 Å². The van der Waals surface area contributed by atoms with Crippen molar-refractivity contribution in [3.63, 3.8) is 0 Å². The van der Waals surface area contributed by atoms with E-state index in [9.17, 15) is 4.79 Å². The molecule has 3 rings (SSSR count). The molecule has 140 valence electrons. The fraction of sp³-hybridized carbons (Fsp3) is 0.550. The topological polar surface area (TPSA) is 54.3 Å². The van der Waals surface area contributed by atoms with Crippen LogP contribution in [0.5, 0.6) is 0 Å². The molecule has 6 nitrogen and oxygen atoms in total. The molecule has 1 atom stereocenters.